The molecule has 3 rings (SSSR count). The zero-order valence-electron chi connectivity index (χ0n) is 22.3. The minimum Gasteiger partial charge on any atom is -0.443 e. The number of nitriles is 1. The Hall–Kier alpha value is -2.89. The van der Waals surface area contributed by atoms with E-state index < -0.39 is 35.4 Å². The molecular weight excluding hydrogens is 441 g/mol. The molecule has 0 atom stereocenters. The van der Waals surface area contributed by atoms with Crippen LogP contribution in [0.25, 0.3) is 0 Å². The fourth-order valence-electron chi connectivity index (χ4n) is 3.49. The minimum atomic E-state index is -0.724. The molecule has 0 bridgehead atoms. The number of rotatable bonds is 5. The Bertz CT molecular complexity index is 1080. The predicted molar refractivity (Wildman–Crippen MR) is 137 cm³/mol. The predicted octanol–water partition coefficient (Wildman–Crippen LogP) is 5.12. The number of benzene rings is 1. The highest BCUT2D eigenvalue weighted by molar-refractivity contribution is 6.62. The number of ether oxygens (including phenoxy) is 1. The summed E-state index contributed by atoms with van der Waals surface area (Å²) in [6.45, 7) is 17.5. The van der Waals surface area contributed by atoms with E-state index in [0.29, 0.717) is 17.9 Å². The van der Waals surface area contributed by atoms with Crippen LogP contribution in [-0.2, 0) is 26.0 Å². The molecule has 0 spiro atoms. The van der Waals surface area contributed by atoms with Crippen molar-refractivity contribution in [3.63, 3.8) is 0 Å². The molecule has 8 heteroatoms. The van der Waals surface area contributed by atoms with Crippen LogP contribution in [0.5, 0.6) is 0 Å². The zero-order chi connectivity index (χ0) is 26.2. The van der Waals surface area contributed by atoms with Gasteiger partial charge < -0.3 is 14.0 Å². The topological polar surface area (TPSA) is 84.7 Å². The lowest BCUT2D eigenvalue weighted by Crippen LogP contribution is -2.41. The smallest absolute Gasteiger partial charge is 0.443 e. The normalized spacial score (nSPS) is 17.1. The Morgan fingerprint density at radius 3 is 2.06 bits per heavy atom. The molecule has 0 aliphatic carbocycles. The molecule has 186 valence electrons. The first-order valence-electron chi connectivity index (χ1n) is 11.9. The fourth-order valence-corrected chi connectivity index (χ4v) is 3.49. The molecular formula is C27H36BN3O4. The first kappa shape index (κ1) is 26.7. The summed E-state index contributed by atoms with van der Waals surface area (Å²) in [6, 6.07) is 13.7. The summed E-state index contributed by atoms with van der Waals surface area (Å²) in [5, 5.41) is 9.40. The third-order valence-electron chi connectivity index (χ3n) is 6.44. The summed E-state index contributed by atoms with van der Waals surface area (Å²) in [5.41, 5.74) is 0.863. The molecule has 0 radical (unpaired) electrons. The molecule has 0 unspecified atom stereocenters. The molecule has 0 saturated carbocycles. The number of hydrogen-bond donors (Lipinski definition) is 0. The number of nitrogens with zero attached hydrogens (tertiary/aromatic N) is 3. The van der Waals surface area contributed by atoms with Gasteiger partial charge in [0.2, 0.25) is 0 Å². The molecule has 1 fully saturated rings. The fraction of sp³-hybridized carbons (Fsp3) is 0.519. The number of hydrogen-bond acceptors (Lipinski definition) is 6. The number of amides is 1. The van der Waals surface area contributed by atoms with E-state index in [9.17, 15) is 10.1 Å². The first-order chi connectivity index (χ1) is 16.0. The molecule has 1 saturated heterocycles. The highest BCUT2D eigenvalue weighted by Gasteiger charge is 2.51. The van der Waals surface area contributed by atoms with Gasteiger partial charge in [0.25, 0.3) is 0 Å². The Labute approximate surface area is 209 Å². The van der Waals surface area contributed by atoms with Crippen LogP contribution < -0.4 is 10.4 Å². The number of anilines is 1. The van der Waals surface area contributed by atoms with Crippen molar-refractivity contribution < 1.29 is 18.8 Å². The summed E-state index contributed by atoms with van der Waals surface area (Å²) in [5.74, 6) is 0. The van der Waals surface area contributed by atoms with Gasteiger partial charge in [-0.05, 0) is 85.5 Å². The van der Waals surface area contributed by atoms with Gasteiger partial charge in [-0.1, -0.05) is 24.3 Å². The van der Waals surface area contributed by atoms with E-state index in [0.717, 1.165) is 11.0 Å². The van der Waals surface area contributed by atoms with E-state index in [-0.39, 0.29) is 0 Å². The molecule has 1 aliphatic heterocycles. The van der Waals surface area contributed by atoms with Gasteiger partial charge in [-0.25, -0.2) is 4.79 Å². The molecule has 1 aliphatic rings. The van der Waals surface area contributed by atoms with Gasteiger partial charge in [0.15, 0.2) is 0 Å². The monoisotopic (exact) mass is 477 g/mol. The molecule has 7 nitrogen and oxygen atoms in total. The second kappa shape index (κ2) is 9.29. The first-order valence-corrected chi connectivity index (χ1v) is 11.9. The van der Waals surface area contributed by atoms with Crippen molar-refractivity contribution in [2.75, 3.05) is 4.90 Å². The average Bonchev–Trinajstić information content (AvgIpc) is 2.98. The van der Waals surface area contributed by atoms with Gasteiger partial charge in [-0.3, -0.25) is 9.88 Å². The van der Waals surface area contributed by atoms with Crippen molar-refractivity contribution in [2.24, 2.45) is 0 Å². The van der Waals surface area contributed by atoms with Crippen molar-refractivity contribution in [3.8, 4) is 6.07 Å². The number of carbonyl (C=O) groups excluding carboxylic acids is 1. The van der Waals surface area contributed by atoms with Crippen LogP contribution in [0.3, 0.4) is 0 Å². The van der Waals surface area contributed by atoms with Crippen LogP contribution in [0.15, 0.2) is 42.6 Å². The van der Waals surface area contributed by atoms with E-state index in [1.807, 2.05) is 86.6 Å². The van der Waals surface area contributed by atoms with E-state index in [1.165, 1.54) is 0 Å². The maximum Gasteiger partial charge on any atom is 0.494 e. The molecule has 2 aromatic rings. The lowest BCUT2D eigenvalue weighted by molar-refractivity contribution is 0.00578. The van der Waals surface area contributed by atoms with E-state index in [2.05, 4.69) is 11.1 Å². The average molecular weight is 477 g/mol. The largest absolute Gasteiger partial charge is 0.494 e. The van der Waals surface area contributed by atoms with Gasteiger partial charge in [-0.15, -0.1) is 0 Å². The second-order valence-corrected chi connectivity index (χ2v) is 11.5. The quantitative estimate of drug-likeness (QED) is 0.556. The summed E-state index contributed by atoms with van der Waals surface area (Å²) >= 11 is 0. The third kappa shape index (κ3) is 6.03. The summed E-state index contributed by atoms with van der Waals surface area (Å²) in [6.07, 6.45) is 1.14. The Balaban J connectivity index is 1.84. The summed E-state index contributed by atoms with van der Waals surface area (Å²) in [4.78, 5) is 19.1. The summed E-state index contributed by atoms with van der Waals surface area (Å²) in [7, 11) is -0.448. The molecule has 35 heavy (non-hydrogen) atoms. The van der Waals surface area contributed by atoms with Gasteiger partial charge in [0.1, 0.15) is 5.60 Å². The summed E-state index contributed by atoms with van der Waals surface area (Å²) < 4.78 is 17.9. The maximum atomic E-state index is 13.1. The van der Waals surface area contributed by atoms with Crippen LogP contribution in [0, 0.1) is 11.3 Å². The van der Waals surface area contributed by atoms with Crippen molar-refractivity contribution >= 4 is 24.4 Å². The van der Waals surface area contributed by atoms with Gasteiger partial charge in [0.05, 0.1) is 46.8 Å². The van der Waals surface area contributed by atoms with Gasteiger partial charge in [0, 0.05) is 0 Å². The van der Waals surface area contributed by atoms with Crippen LogP contribution in [0.2, 0.25) is 0 Å². The van der Waals surface area contributed by atoms with Crippen LogP contribution in [0.4, 0.5) is 10.5 Å². The van der Waals surface area contributed by atoms with Crippen molar-refractivity contribution in [1.29, 1.82) is 5.26 Å². The van der Waals surface area contributed by atoms with Crippen LogP contribution in [-0.4, -0.2) is 35.0 Å². The zero-order valence-corrected chi connectivity index (χ0v) is 22.3. The van der Waals surface area contributed by atoms with E-state index in [1.54, 1.807) is 23.2 Å². The van der Waals surface area contributed by atoms with Gasteiger partial charge in [-0.2, -0.15) is 5.26 Å². The van der Waals surface area contributed by atoms with E-state index in [4.69, 9.17) is 14.0 Å². The maximum absolute atomic E-state index is 13.1. The van der Waals surface area contributed by atoms with Crippen LogP contribution >= 0.6 is 0 Å². The Kier molecular flexibility index (Phi) is 7.09. The third-order valence-corrected chi connectivity index (χ3v) is 6.44. The highest BCUT2D eigenvalue weighted by Crippen LogP contribution is 2.36. The van der Waals surface area contributed by atoms with Crippen LogP contribution in [0.1, 0.15) is 73.6 Å². The van der Waals surface area contributed by atoms with E-state index >= 15 is 0 Å². The Morgan fingerprint density at radius 2 is 1.60 bits per heavy atom. The van der Waals surface area contributed by atoms with Crippen molar-refractivity contribution in [1.82, 2.24) is 4.98 Å². The molecule has 1 amide bonds. The van der Waals surface area contributed by atoms with Crippen molar-refractivity contribution in [3.05, 3.63) is 53.9 Å². The lowest BCUT2D eigenvalue weighted by atomic mass is 9.79. The number of carbonyl (C=O) groups is 1. The lowest BCUT2D eigenvalue weighted by Gasteiger charge is -2.32. The number of aromatic nitrogens is 1. The Morgan fingerprint density at radius 1 is 1.03 bits per heavy atom. The van der Waals surface area contributed by atoms with Crippen molar-refractivity contribution in [2.45, 2.75) is 91.1 Å². The van der Waals surface area contributed by atoms with Gasteiger partial charge >= 0.3 is 13.2 Å². The molecule has 0 N–H and O–H groups in total. The number of pyridine rings is 1. The molecule has 2 heterocycles. The standard InChI is InChI=1S/C27H36BN3O4/c1-24(2,3)33-23(32)31(21-14-15-22(30-16-21)25(4,5)18-29)17-19-10-12-20(13-11-19)28-34-26(6,7)27(8,9)35-28/h10-16H,17H2,1-9H3. The highest BCUT2D eigenvalue weighted by atomic mass is 16.7. The second-order valence-electron chi connectivity index (χ2n) is 11.5. The SMILES string of the molecule is CC(C)(C)OC(=O)N(Cc1ccc(B2OC(C)(C)C(C)(C)O2)cc1)c1ccc(C(C)(C)C#N)nc1. The minimum absolute atomic E-state index is 0.293. The molecule has 1 aromatic heterocycles. The molecule has 1 aromatic carbocycles.